The summed E-state index contributed by atoms with van der Waals surface area (Å²) in [5.74, 6) is 0.587. The van der Waals surface area contributed by atoms with Gasteiger partial charge in [-0.1, -0.05) is 30.3 Å². The molecule has 1 fully saturated rings. The Hall–Kier alpha value is -1.43. The van der Waals surface area contributed by atoms with Gasteiger partial charge in [-0.2, -0.15) is 0 Å². The summed E-state index contributed by atoms with van der Waals surface area (Å²) in [5.41, 5.74) is 0. The average molecular weight is 304 g/mol. The molecule has 2 aromatic rings. The molecule has 1 unspecified atom stereocenters. The molecular formula is C16H20N2O2S. The van der Waals surface area contributed by atoms with E-state index >= 15 is 0 Å². The van der Waals surface area contributed by atoms with Gasteiger partial charge in [0.15, 0.2) is 0 Å². The molecule has 2 aromatic carbocycles. The first kappa shape index (κ1) is 14.5. The molecule has 0 aliphatic carbocycles. The van der Waals surface area contributed by atoms with Crippen LogP contribution >= 0.6 is 0 Å². The lowest BCUT2D eigenvalue weighted by atomic mass is 10.1. The molecule has 21 heavy (non-hydrogen) atoms. The number of hydrogen-bond acceptors (Lipinski definition) is 3. The molecule has 112 valence electrons. The molecule has 0 amide bonds. The highest BCUT2D eigenvalue weighted by atomic mass is 32.2. The number of benzene rings is 2. The first-order valence-electron chi connectivity index (χ1n) is 7.34. The van der Waals surface area contributed by atoms with Crippen LogP contribution in [0.25, 0.3) is 10.8 Å². The van der Waals surface area contributed by atoms with E-state index in [1.54, 1.807) is 12.1 Å². The van der Waals surface area contributed by atoms with Crippen LogP contribution in [0.1, 0.15) is 12.8 Å². The maximum absolute atomic E-state index is 12.3. The molecule has 1 heterocycles. The Morgan fingerprint density at radius 1 is 1.14 bits per heavy atom. The first-order chi connectivity index (χ1) is 10.1. The van der Waals surface area contributed by atoms with Gasteiger partial charge in [0.2, 0.25) is 10.0 Å². The third kappa shape index (κ3) is 3.43. The summed E-state index contributed by atoms with van der Waals surface area (Å²) in [6, 6.07) is 13.0. The van der Waals surface area contributed by atoms with Gasteiger partial charge in [0.25, 0.3) is 0 Å². The predicted octanol–water partition coefficient (Wildman–Crippen LogP) is 2.12. The second kappa shape index (κ2) is 6.13. The Kier molecular flexibility index (Phi) is 4.24. The van der Waals surface area contributed by atoms with Crippen molar-refractivity contribution in [3.8, 4) is 0 Å². The Morgan fingerprint density at radius 3 is 2.71 bits per heavy atom. The molecule has 0 radical (unpaired) electrons. The van der Waals surface area contributed by atoms with Crippen LogP contribution < -0.4 is 10.0 Å². The lowest BCUT2D eigenvalue weighted by Crippen LogP contribution is -2.26. The van der Waals surface area contributed by atoms with Crippen molar-refractivity contribution in [1.29, 1.82) is 0 Å². The van der Waals surface area contributed by atoms with Crippen molar-refractivity contribution < 1.29 is 8.42 Å². The maximum Gasteiger partial charge on any atom is 0.240 e. The molecule has 1 aliphatic heterocycles. The largest absolute Gasteiger partial charge is 0.316 e. The molecule has 3 rings (SSSR count). The summed E-state index contributed by atoms with van der Waals surface area (Å²) in [5, 5.41) is 5.29. The lowest BCUT2D eigenvalue weighted by molar-refractivity contribution is 0.519. The summed E-state index contributed by atoms with van der Waals surface area (Å²) in [4.78, 5) is 0.339. The molecule has 0 aromatic heterocycles. The van der Waals surface area contributed by atoms with Crippen LogP contribution in [-0.2, 0) is 10.0 Å². The summed E-state index contributed by atoms with van der Waals surface area (Å²) in [6.07, 6.45) is 2.03. The highest BCUT2D eigenvalue weighted by Crippen LogP contribution is 2.19. The fraction of sp³-hybridized carbons (Fsp3) is 0.375. The molecule has 1 aliphatic rings. The zero-order chi connectivity index (χ0) is 14.7. The number of nitrogens with one attached hydrogen (secondary N) is 2. The van der Waals surface area contributed by atoms with Crippen LogP contribution in [-0.4, -0.2) is 28.1 Å². The van der Waals surface area contributed by atoms with E-state index in [1.807, 2.05) is 30.3 Å². The van der Waals surface area contributed by atoms with Crippen molar-refractivity contribution in [3.63, 3.8) is 0 Å². The van der Waals surface area contributed by atoms with E-state index in [4.69, 9.17) is 0 Å². The molecular weight excluding hydrogens is 284 g/mol. The van der Waals surface area contributed by atoms with Gasteiger partial charge in [-0.05, 0) is 54.8 Å². The second-order valence-electron chi connectivity index (χ2n) is 5.55. The van der Waals surface area contributed by atoms with E-state index in [1.165, 1.54) is 0 Å². The van der Waals surface area contributed by atoms with Crippen LogP contribution in [0.4, 0.5) is 0 Å². The molecule has 0 bridgehead atoms. The standard InChI is InChI=1S/C16H20N2O2S/c19-21(20,18-10-8-13-7-9-17-12-13)16-6-5-14-3-1-2-4-15(14)11-16/h1-6,11,13,17-18H,7-10,12H2. The number of rotatable bonds is 5. The quantitative estimate of drug-likeness (QED) is 0.889. The molecule has 2 N–H and O–H groups in total. The minimum absolute atomic E-state index is 0.339. The van der Waals surface area contributed by atoms with Crippen LogP contribution in [0.5, 0.6) is 0 Å². The van der Waals surface area contributed by atoms with E-state index in [2.05, 4.69) is 10.0 Å². The Morgan fingerprint density at radius 2 is 1.95 bits per heavy atom. The third-order valence-electron chi connectivity index (χ3n) is 4.04. The Labute approximate surface area is 125 Å². The van der Waals surface area contributed by atoms with Crippen molar-refractivity contribution in [2.24, 2.45) is 5.92 Å². The van der Waals surface area contributed by atoms with E-state index < -0.39 is 10.0 Å². The Balaban J connectivity index is 1.70. The fourth-order valence-electron chi connectivity index (χ4n) is 2.78. The third-order valence-corrected chi connectivity index (χ3v) is 5.50. The zero-order valence-corrected chi connectivity index (χ0v) is 12.7. The zero-order valence-electron chi connectivity index (χ0n) is 11.9. The van der Waals surface area contributed by atoms with Crippen molar-refractivity contribution in [2.75, 3.05) is 19.6 Å². The topological polar surface area (TPSA) is 58.2 Å². The minimum Gasteiger partial charge on any atom is -0.316 e. The van der Waals surface area contributed by atoms with Gasteiger partial charge in [0.1, 0.15) is 0 Å². The highest BCUT2D eigenvalue weighted by molar-refractivity contribution is 7.89. The maximum atomic E-state index is 12.3. The van der Waals surface area contributed by atoms with Gasteiger partial charge in [-0.25, -0.2) is 13.1 Å². The number of fused-ring (bicyclic) bond motifs is 1. The van der Waals surface area contributed by atoms with Gasteiger partial charge in [-0.15, -0.1) is 0 Å². The van der Waals surface area contributed by atoms with Gasteiger partial charge >= 0.3 is 0 Å². The smallest absolute Gasteiger partial charge is 0.240 e. The van der Waals surface area contributed by atoms with Crippen LogP contribution in [0, 0.1) is 5.92 Å². The number of sulfonamides is 1. The van der Waals surface area contributed by atoms with E-state index in [9.17, 15) is 8.42 Å². The fourth-order valence-corrected chi connectivity index (χ4v) is 3.86. The van der Waals surface area contributed by atoms with E-state index in [0.29, 0.717) is 17.4 Å². The van der Waals surface area contributed by atoms with Gasteiger partial charge in [0, 0.05) is 6.54 Å². The normalized spacial score (nSPS) is 19.1. The molecule has 1 atom stereocenters. The molecule has 0 saturated carbocycles. The van der Waals surface area contributed by atoms with Gasteiger partial charge < -0.3 is 5.32 Å². The van der Waals surface area contributed by atoms with Crippen molar-refractivity contribution in [3.05, 3.63) is 42.5 Å². The van der Waals surface area contributed by atoms with Crippen molar-refractivity contribution in [1.82, 2.24) is 10.0 Å². The minimum atomic E-state index is -3.41. The first-order valence-corrected chi connectivity index (χ1v) is 8.83. The molecule has 4 nitrogen and oxygen atoms in total. The SMILES string of the molecule is O=S(=O)(NCCC1CCNC1)c1ccc2ccccc2c1. The average Bonchev–Trinajstić information content (AvgIpc) is 3.00. The van der Waals surface area contributed by atoms with Gasteiger partial charge in [-0.3, -0.25) is 0 Å². The highest BCUT2D eigenvalue weighted by Gasteiger charge is 2.17. The Bertz CT molecular complexity index is 722. The predicted molar refractivity (Wildman–Crippen MR) is 84.7 cm³/mol. The van der Waals surface area contributed by atoms with E-state index in [-0.39, 0.29) is 0 Å². The van der Waals surface area contributed by atoms with Crippen LogP contribution in [0.3, 0.4) is 0 Å². The number of hydrogen-bond donors (Lipinski definition) is 2. The summed E-state index contributed by atoms with van der Waals surface area (Å²) < 4.78 is 27.4. The lowest BCUT2D eigenvalue weighted by Gasteiger charge is -2.10. The molecule has 0 spiro atoms. The summed E-state index contributed by atoms with van der Waals surface area (Å²) >= 11 is 0. The van der Waals surface area contributed by atoms with E-state index in [0.717, 1.165) is 36.7 Å². The van der Waals surface area contributed by atoms with Crippen LogP contribution in [0.15, 0.2) is 47.4 Å². The second-order valence-corrected chi connectivity index (χ2v) is 7.32. The molecule has 1 saturated heterocycles. The monoisotopic (exact) mass is 304 g/mol. The van der Waals surface area contributed by atoms with Crippen LogP contribution in [0.2, 0.25) is 0 Å². The summed E-state index contributed by atoms with van der Waals surface area (Å²) in [6.45, 7) is 2.54. The van der Waals surface area contributed by atoms with Crippen molar-refractivity contribution in [2.45, 2.75) is 17.7 Å². The van der Waals surface area contributed by atoms with Gasteiger partial charge in [0.05, 0.1) is 4.90 Å². The summed E-state index contributed by atoms with van der Waals surface area (Å²) in [7, 11) is -3.41. The van der Waals surface area contributed by atoms with Crippen molar-refractivity contribution >= 4 is 20.8 Å². The molecule has 5 heteroatoms.